The third-order valence-corrected chi connectivity index (χ3v) is 5.56. The summed E-state index contributed by atoms with van der Waals surface area (Å²) in [6.07, 6.45) is 3.89. The summed E-state index contributed by atoms with van der Waals surface area (Å²) < 4.78 is 7.94. The van der Waals surface area contributed by atoms with Gasteiger partial charge in [0.2, 0.25) is 0 Å². The number of nitrogens with zero attached hydrogens (tertiary/aromatic N) is 5. The van der Waals surface area contributed by atoms with Crippen molar-refractivity contribution in [1.29, 1.82) is 10.5 Å². The predicted molar refractivity (Wildman–Crippen MR) is 113 cm³/mol. The third-order valence-electron chi connectivity index (χ3n) is 5.56. The van der Waals surface area contributed by atoms with Crippen molar-refractivity contribution in [3.05, 3.63) is 53.7 Å². The van der Waals surface area contributed by atoms with Gasteiger partial charge in [-0.1, -0.05) is 18.6 Å². The number of para-hydroxylation sites is 2. The Morgan fingerprint density at radius 1 is 1.03 bits per heavy atom. The Balaban J connectivity index is 1.35. The van der Waals surface area contributed by atoms with Crippen LogP contribution in [0.5, 0.6) is 0 Å². The molecule has 0 spiro atoms. The van der Waals surface area contributed by atoms with Crippen molar-refractivity contribution in [3.63, 3.8) is 0 Å². The van der Waals surface area contributed by atoms with E-state index in [-0.39, 0.29) is 0 Å². The van der Waals surface area contributed by atoms with Gasteiger partial charge in [-0.05, 0) is 50.2 Å². The molecule has 7 heteroatoms. The average Bonchev–Trinajstić information content (AvgIpc) is 3.37. The highest BCUT2D eigenvalue weighted by Gasteiger charge is 2.19. The van der Waals surface area contributed by atoms with Crippen molar-refractivity contribution in [1.82, 2.24) is 19.8 Å². The maximum absolute atomic E-state index is 9.31. The Morgan fingerprint density at radius 2 is 1.80 bits per heavy atom. The first kappa shape index (κ1) is 20.2. The van der Waals surface area contributed by atoms with Crippen LogP contribution in [0.3, 0.4) is 0 Å². The largest absolute Gasteiger partial charge is 0.463 e. The second-order valence-corrected chi connectivity index (χ2v) is 7.68. The molecule has 0 amide bonds. The number of fused-ring (bicyclic) bond motifs is 1. The summed E-state index contributed by atoms with van der Waals surface area (Å²) in [5.74, 6) is 1.57. The van der Waals surface area contributed by atoms with Crippen LogP contribution in [0.15, 0.2) is 40.8 Å². The molecule has 2 aromatic heterocycles. The van der Waals surface area contributed by atoms with E-state index >= 15 is 0 Å². The van der Waals surface area contributed by atoms with E-state index in [4.69, 9.17) is 4.42 Å². The lowest BCUT2D eigenvalue weighted by Gasteiger charge is -2.25. The Kier molecular flexibility index (Phi) is 6.44. The van der Waals surface area contributed by atoms with Gasteiger partial charge < -0.3 is 14.3 Å². The Morgan fingerprint density at radius 3 is 2.60 bits per heavy atom. The zero-order valence-corrected chi connectivity index (χ0v) is 17.0. The van der Waals surface area contributed by atoms with Gasteiger partial charge in [0.1, 0.15) is 17.3 Å². The number of likely N-dealkylation sites (tertiary alicyclic amines) is 1. The van der Waals surface area contributed by atoms with Gasteiger partial charge in [0.15, 0.2) is 5.92 Å². The molecule has 1 aliphatic heterocycles. The quantitative estimate of drug-likeness (QED) is 0.579. The highest BCUT2D eigenvalue weighted by Crippen LogP contribution is 2.21. The van der Waals surface area contributed by atoms with Gasteiger partial charge in [-0.3, -0.25) is 4.90 Å². The van der Waals surface area contributed by atoms with E-state index in [0.717, 1.165) is 42.2 Å². The summed E-state index contributed by atoms with van der Waals surface area (Å²) in [7, 11) is 0. The number of hydrogen-bond donors (Lipinski definition) is 1. The van der Waals surface area contributed by atoms with Gasteiger partial charge in [-0.2, -0.15) is 10.5 Å². The molecule has 0 unspecified atom stereocenters. The van der Waals surface area contributed by atoms with Crippen LogP contribution in [0.25, 0.3) is 11.0 Å². The highest BCUT2D eigenvalue weighted by atomic mass is 16.3. The fourth-order valence-corrected chi connectivity index (χ4v) is 4.04. The normalized spacial score (nSPS) is 14.8. The van der Waals surface area contributed by atoms with Crippen LogP contribution in [-0.2, 0) is 19.6 Å². The molecule has 1 fully saturated rings. The zero-order valence-electron chi connectivity index (χ0n) is 17.0. The van der Waals surface area contributed by atoms with Crippen LogP contribution in [0, 0.1) is 22.7 Å². The highest BCUT2D eigenvalue weighted by molar-refractivity contribution is 5.76. The molecule has 30 heavy (non-hydrogen) atoms. The molecule has 1 saturated heterocycles. The third kappa shape index (κ3) is 4.54. The Labute approximate surface area is 176 Å². The predicted octanol–water partition coefficient (Wildman–Crippen LogP) is 3.54. The fourth-order valence-electron chi connectivity index (χ4n) is 4.04. The van der Waals surface area contributed by atoms with Gasteiger partial charge in [0.25, 0.3) is 0 Å². The molecule has 1 N–H and O–H groups in total. The van der Waals surface area contributed by atoms with Crippen molar-refractivity contribution in [3.8, 4) is 12.1 Å². The smallest absolute Gasteiger partial charge is 0.190 e. The molecule has 154 valence electrons. The van der Waals surface area contributed by atoms with Crippen molar-refractivity contribution >= 4 is 11.0 Å². The average molecular weight is 403 g/mol. The monoisotopic (exact) mass is 402 g/mol. The molecule has 1 aromatic carbocycles. The topological polar surface area (TPSA) is 93.8 Å². The SMILES string of the molecule is N#CC(C#N)c1nc2ccccc2n1CCNCc1ccc(CN2CCCCC2)o1. The standard InChI is InChI=1S/C23H26N6O/c24-14-18(15-25)23-27-21-6-2-3-7-22(21)29(23)13-10-26-16-19-8-9-20(30-19)17-28-11-4-1-5-12-28/h2-3,6-9,18,26H,1,4-5,10-13,16-17H2. The first-order valence-electron chi connectivity index (χ1n) is 10.5. The first-order valence-corrected chi connectivity index (χ1v) is 10.5. The van der Waals surface area contributed by atoms with E-state index in [1.54, 1.807) is 0 Å². The van der Waals surface area contributed by atoms with Crippen molar-refractivity contribution in [2.45, 2.75) is 44.8 Å². The molecular formula is C23H26N6O. The number of nitriles is 2. The lowest BCUT2D eigenvalue weighted by Crippen LogP contribution is -2.28. The Bertz CT molecular complexity index is 1050. The minimum absolute atomic E-state index is 0.504. The van der Waals surface area contributed by atoms with Crippen molar-refractivity contribution in [2.24, 2.45) is 0 Å². The van der Waals surface area contributed by atoms with Crippen LogP contribution >= 0.6 is 0 Å². The van der Waals surface area contributed by atoms with Crippen LogP contribution in [0.2, 0.25) is 0 Å². The number of furan rings is 1. The molecule has 3 heterocycles. The van der Waals surface area contributed by atoms with Crippen LogP contribution in [0.4, 0.5) is 0 Å². The molecular weight excluding hydrogens is 376 g/mol. The summed E-state index contributed by atoms with van der Waals surface area (Å²) in [4.78, 5) is 6.97. The molecule has 4 rings (SSSR count). The van der Waals surface area contributed by atoms with Gasteiger partial charge in [0, 0.05) is 13.1 Å². The minimum atomic E-state index is -0.875. The van der Waals surface area contributed by atoms with Gasteiger partial charge >= 0.3 is 0 Å². The minimum Gasteiger partial charge on any atom is -0.463 e. The van der Waals surface area contributed by atoms with Crippen LogP contribution < -0.4 is 5.32 Å². The molecule has 0 atom stereocenters. The number of aromatic nitrogens is 2. The van der Waals surface area contributed by atoms with Gasteiger partial charge in [-0.25, -0.2) is 4.98 Å². The lowest BCUT2D eigenvalue weighted by molar-refractivity contribution is 0.203. The molecule has 1 aliphatic rings. The maximum Gasteiger partial charge on any atom is 0.190 e. The van der Waals surface area contributed by atoms with Gasteiger partial charge in [0.05, 0.1) is 36.3 Å². The van der Waals surface area contributed by atoms with Crippen LogP contribution in [0.1, 0.15) is 42.5 Å². The second kappa shape index (κ2) is 9.58. The number of piperidine rings is 1. The lowest BCUT2D eigenvalue weighted by atomic mass is 10.1. The Hall–Kier alpha value is -3.13. The van der Waals surface area contributed by atoms with E-state index in [2.05, 4.69) is 21.3 Å². The van der Waals surface area contributed by atoms with E-state index in [1.807, 2.05) is 47.0 Å². The number of rotatable bonds is 8. The molecule has 0 bridgehead atoms. The van der Waals surface area contributed by atoms with Crippen LogP contribution in [-0.4, -0.2) is 34.1 Å². The van der Waals surface area contributed by atoms with Crippen molar-refractivity contribution < 1.29 is 4.42 Å². The number of nitrogens with one attached hydrogen (secondary N) is 1. The van der Waals surface area contributed by atoms with E-state index in [9.17, 15) is 10.5 Å². The number of benzene rings is 1. The van der Waals surface area contributed by atoms with Gasteiger partial charge in [-0.15, -0.1) is 0 Å². The summed E-state index contributed by atoms with van der Waals surface area (Å²) in [6, 6.07) is 15.9. The fraction of sp³-hybridized carbons (Fsp3) is 0.435. The summed E-state index contributed by atoms with van der Waals surface area (Å²) in [5.41, 5.74) is 1.74. The molecule has 0 radical (unpaired) electrons. The summed E-state index contributed by atoms with van der Waals surface area (Å²) in [5, 5.41) is 22.0. The van der Waals surface area contributed by atoms with Crippen molar-refractivity contribution in [2.75, 3.05) is 19.6 Å². The second-order valence-electron chi connectivity index (χ2n) is 7.68. The number of hydrogen-bond acceptors (Lipinski definition) is 6. The van der Waals surface area contributed by atoms with E-state index in [1.165, 1.54) is 19.3 Å². The summed E-state index contributed by atoms with van der Waals surface area (Å²) >= 11 is 0. The molecule has 7 nitrogen and oxygen atoms in total. The molecule has 3 aromatic rings. The molecule has 0 saturated carbocycles. The summed E-state index contributed by atoms with van der Waals surface area (Å²) in [6.45, 7) is 5.13. The van der Waals surface area contributed by atoms with E-state index < -0.39 is 5.92 Å². The molecule has 0 aliphatic carbocycles. The maximum atomic E-state index is 9.31. The first-order chi connectivity index (χ1) is 14.8. The zero-order chi connectivity index (χ0) is 20.8. The van der Waals surface area contributed by atoms with E-state index in [0.29, 0.717) is 25.5 Å². The number of imidazole rings is 1.